The molecule has 1 aromatic rings. The van der Waals surface area contributed by atoms with Gasteiger partial charge in [-0.1, -0.05) is 27.7 Å². The second-order valence-electron chi connectivity index (χ2n) is 12.2. The van der Waals surface area contributed by atoms with Gasteiger partial charge in [-0.15, -0.1) is 0 Å². The third-order valence-corrected chi connectivity index (χ3v) is 11.6. The fourth-order valence-electron chi connectivity index (χ4n) is 4.58. The van der Waals surface area contributed by atoms with Gasteiger partial charge in [0.25, 0.3) is 0 Å². The molecule has 0 bridgehead atoms. The molecule has 0 aliphatic carbocycles. The molecule has 8 heteroatoms. The average Bonchev–Trinajstić information content (AvgIpc) is 3.10. The minimum absolute atomic E-state index is 0.00302. The van der Waals surface area contributed by atoms with Gasteiger partial charge in [-0.05, 0) is 44.8 Å². The third kappa shape index (κ3) is 5.83. The van der Waals surface area contributed by atoms with Crippen LogP contribution < -0.4 is 15.4 Å². The minimum atomic E-state index is -2.03. The van der Waals surface area contributed by atoms with E-state index in [1.807, 2.05) is 20.8 Å². The summed E-state index contributed by atoms with van der Waals surface area (Å²) in [6.07, 6.45) is 2.79. The predicted molar refractivity (Wildman–Crippen MR) is 135 cm³/mol. The Hall–Kier alpha value is -1.80. The van der Waals surface area contributed by atoms with Crippen LogP contribution in [0.1, 0.15) is 60.5 Å². The zero-order valence-corrected chi connectivity index (χ0v) is 22.9. The van der Waals surface area contributed by atoms with Crippen LogP contribution >= 0.6 is 0 Å². The van der Waals surface area contributed by atoms with Crippen molar-refractivity contribution >= 4 is 25.7 Å². The van der Waals surface area contributed by atoms with E-state index in [1.54, 1.807) is 6.20 Å². The van der Waals surface area contributed by atoms with Crippen molar-refractivity contribution in [1.82, 2.24) is 4.98 Å². The number of pyridine rings is 1. The van der Waals surface area contributed by atoms with E-state index >= 15 is 0 Å². The Labute approximate surface area is 200 Å². The van der Waals surface area contributed by atoms with Crippen LogP contribution in [-0.2, 0) is 20.4 Å². The lowest BCUT2D eigenvalue weighted by atomic mass is 9.84. The SMILES string of the molecule is C[C@H]1CN(c2c(N)cnc3c2CCO3)C[C@@H](CC(=O)OC(C)(C)C)[C@@H]1O[Si](C)(C)C(C)(C)C. The van der Waals surface area contributed by atoms with Crippen LogP contribution in [0, 0.1) is 11.8 Å². The number of nitrogen functional groups attached to an aromatic ring is 1. The minimum Gasteiger partial charge on any atom is -0.477 e. The molecule has 3 heterocycles. The zero-order valence-electron chi connectivity index (χ0n) is 21.9. The maximum atomic E-state index is 12.9. The second kappa shape index (κ2) is 9.10. The van der Waals surface area contributed by atoms with Gasteiger partial charge in [0.05, 0.1) is 36.7 Å². The van der Waals surface area contributed by atoms with Gasteiger partial charge in [-0.25, -0.2) is 4.98 Å². The van der Waals surface area contributed by atoms with Gasteiger partial charge in [-0.3, -0.25) is 4.79 Å². The van der Waals surface area contributed by atoms with Crippen LogP contribution in [0.5, 0.6) is 5.88 Å². The fraction of sp³-hybridized carbons (Fsp3) is 0.760. The number of hydrogen-bond donors (Lipinski definition) is 1. The molecule has 1 saturated heterocycles. The quantitative estimate of drug-likeness (QED) is 0.482. The van der Waals surface area contributed by atoms with Crippen molar-refractivity contribution < 1.29 is 18.7 Å². The highest BCUT2D eigenvalue weighted by molar-refractivity contribution is 6.74. The molecule has 0 amide bonds. The number of aromatic nitrogens is 1. The Morgan fingerprint density at radius 1 is 1.24 bits per heavy atom. The summed E-state index contributed by atoms with van der Waals surface area (Å²) in [6, 6.07) is 0. The molecule has 2 aliphatic heterocycles. The normalized spacial score (nSPS) is 23.8. The average molecular weight is 478 g/mol. The molecule has 0 unspecified atom stereocenters. The van der Waals surface area contributed by atoms with Gasteiger partial charge < -0.3 is 24.5 Å². The standard InChI is InChI=1S/C25H43N3O4Si/c1-16-14-28(21-18-10-11-30-23(18)27-13-19(21)26)15-17(12-20(29)31-24(2,3)4)22(16)32-33(8,9)25(5,6)7/h13,16-17,22H,10-12,14-15,26H2,1-9H3/t16-,17+,22+/m0/s1. The number of nitrogens with two attached hydrogens (primary N) is 1. The lowest BCUT2D eigenvalue weighted by Gasteiger charge is -2.48. The number of fused-ring (bicyclic) bond motifs is 1. The lowest BCUT2D eigenvalue weighted by Crippen LogP contribution is -2.55. The van der Waals surface area contributed by atoms with E-state index in [4.69, 9.17) is 19.6 Å². The maximum Gasteiger partial charge on any atom is 0.306 e. The molecule has 1 fully saturated rings. The summed E-state index contributed by atoms with van der Waals surface area (Å²) in [5.41, 5.74) is 8.64. The van der Waals surface area contributed by atoms with Gasteiger partial charge in [0.2, 0.25) is 5.88 Å². The highest BCUT2D eigenvalue weighted by Gasteiger charge is 2.45. The molecule has 2 N–H and O–H groups in total. The first-order valence-electron chi connectivity index (χ1n) is 12.1. The smallest absolute Gasteiger partial charge is 0.306 e. The molecular formula is C25H43N3O4Si. The van der Waals surface area contributed by atoms with Crippen molar-refractivity contribution in [3.8, 4) is 5.88 Å². The number of rotatable bonds is 5. The van der Waals surface area contributed by atoms with Crippen molar-refractivity contribution in [3.63, 3.8) is 0 Å². The Morgan fingerprint density at radius 2 is 1.91 bits per heavy atom. The van der Waals surface area contributed by atoms with E-state index in [9.17, 15) is 4.79 Å². The molecule has 7 nitrogen and oxygen atoms in total. The first-order chi connectivity index (χ1) is 15.1. The molecule has 0 spiro atoms. The molecule has 0 radical (unpaired) electrons. The Bertz CT molecular complexity index is 876. The second-order valence-corrected chi connectivity index (χ2v) is 17.0. The van der Waals surface area contributed by atoms with Gasteiger partial charge >= 0.3 is 5.97 Å². The number of ether oxygens (including phenoxy) is 2. The molecule has 33 heavy (non-hydrogen) atoms. The lowest BCUT2D eigenvalue weighted by molar-refractivity contribution is -0.157. The number of piperidine rings is 1. The Kier molecular flexibility index (Phi) is 7.12. The molecule has 1 aromatic heterocycles. The van der Waals surface area contributed by atoms with Crippen molar-refractivity contribution in [1.29, 1.82) is 0 Å². The molecule has 0 saturated carbocycles. The zero-order chi connectivity index (χ0) is 24.8. The van der Waals surface area contributed by atoms with Crippen molar-refractivity contribution in [2.45, 2.75) is 91.1 Å². The van der Waals surface area contributed by atoms with E-state index in [1.165, 1.54) is 0 Å². The van der Waals surface area contributed by atoms with E-state index in [-0.39, 0.29) is 28.9 Å². The number of anilines is 2. The summed E-state index contributed by atoms with van der Waals surface area (Å²) in [7, 11) is -2.03. The summed E-state index contributed by atoms with van der Waals surface area (Å²) in [5.74, 6) is 0.728. The number of hydrogen-bond acceptors (Lipinski definition) is 7. The van der Waals surface area contributed by atoms with Crippen molar-refractivity contribution in [2.75, 3.05) is 30.3 Å². The van der Waals surface area contributed by atoms with Crippen molar-refractivity contribution in [2.24, 2.45) is 11.8 Å². The summed E-state index contributed by atoms with van der Waals surface area (Å²) >= 11 is 0. The van der Waals surface area contributed by atoms with Crippen LogP contribution in [-0.4, -0.2) is 50.7 Å². The van der Waals surface area contributed by atoms with Gasteiger partial charge in [-0.2, -0.15) is 0 Å². The molecule has 0 aromatic carbocycles. The van der Waals surface area contributed by atoms with Crippen LogP contribution in [0.15, 0.2) is 6.20 Å². The predicted octanol–water partition coefficient (Wildman–Crippen LogP) is 4.79. The van der Waals surface area contributed by atoms with Crippen molar-refractivity contribution in [3.05, 3.63) is 11.8 Å². The summed E-state index contributed by atoms with van der Waals surface area (Å²) in [5, 5.41) is 0.0913. The molecule has 3 rings (SSSR count). The van der Waals surface area contributed by atoms with Gasteiger partial charge in [0.1, 0.15) is 5.60 Å². The molecule has 186 valence electrons. The van der Waals surface area contributed by atoms with Gasteiger partial charge in [0.15, 0.2) is 8.32 Å². The van der Waals surface area contributed by atoms with E-state index in [0.717, 1.165) is 24.2 Å². The van der Waals surface area contributed by atoms with Crippen LogP contribution in [0.25, 0.3) is 0 Å². The van der Waals surface area contributed by atoms with E-state index in [2.05, 4.69) is 50.7 Å². The topological polar surface area (TPSA) is 86.9 Å². The molecule has 3 atom stereocenters. The van der Waals surface area contributed by atoms with Crippen LogP contribution in [0.3, 0.4) is 0 Å². The summed E-state index contributed by atoms with van der Waals surface area (Å²) in [4.78, 5) is 19.6. The summed E-state index contributed by atoms with van der Waals surface area (Å²) in [6.45, 7) is 21.4. The number of nitrogens with zero attached hydrogens (tertiary/aromatic N) is 2. The summed E-state index contributed by atoms with van der Waals surface area (Å²) < 4.78 is 18.3. The largest absolute Gasteiger partial charge is 0.477 e. The van der Waals surface area contributed by atoms with Crippen LogP contribution in [0.2, 0.25) is 18.1 Å². The first kappa shape index (κ1) is 25.8. The highest BCUT2D eigenvalue weighted by atomic mass is 28.4. The monoisotopic (exact) mass is 477 g/mol. The fourth-order valence-corrected chi connectivity index (χ4v) is 6.04. The molecular weight excluding hydrogens is 434 g/mol. The van der Waals surface area contributed by atoms with E-state index in [0.29, 0.717) is 31.1 Å². The first-order valence-corrected chi connectivity index (χ1v) is 15.0. The maximum absolute atomic E-state index is 12.9. The third-order valence-electron chi connectivity index (χ3n) is 7.12. The number of esters is 1. The molecule has 2 aliphatic rings. The Balaban J connectivity index is 1.92. The highest BCUT2D eigenvalue weighted by Crippen LogP contribution is 2.43. The number of carbonyl (C=O) groups excluding carboxylic acids is 1. The Morgan fingerprint density at radius 3 is 2.52 bits per heavy atom. The van der Waals surface area contributed by atoms with E-state index < -0.39 is 13.9 Å². The number of carbonyl (C=O) groups is 1. The van der Waals surface area contributed by atoms with Gasteiger partial charge in [0, 0.05) is 31.0 Å². The van der Waals surface area contributed by atoms with Crippen LogP contribution in [0.4, 0.5) is 11.4 Å².